The molecule has 1 N–H and O–H groups in total. The lowest BCUT2D eigenvalue weighted by Gasteiger charge is -2.09. The van der Waals surface area contributed by atoms with Crippen molar-refractivity contribution in [2.24, 2.45) is 0 Å². The van der Waals surface area contributed by atoms with Crippen LogP contribution in [0.15, 0.2) is 45.9 Å². The lowest BCUT2D eigenvalue weighted by Crippen LogP contribution is -2.26. The molecule has 0 aliphatic carbocycles. The zero-order chi connectivity index (χ0) is 16.9. The molecule has 0 bridgehead atoms. The Morgan fingerprint density at radius 3 is 2.74 bits per heavy atom. The lowest BCUT2D eigenvalue weighted by atomic mass is 10.1. The van der Waals surface area contributed by atoms with Crippen LogP contribution in [0.5, 0.6) is 0 Å². The Kier molecular flexibility index (Phi) is 5.90. The monoisotopic (exact) mass is 353 g/mol. The van der Waals surface area contributed by atoms with E-state index in [1.54, 1.807) is 31.0 Å². The molecular formula is C16H19NO4S2. The van der Waals surface area contributed by atoms with Gasteiger partial charge in [0.25, 0.3) is 5.91 Å². The predicted molar refractivity (Wildman–Crippen MR) is 91.5 cm³/mol. The predicted octanol–water partition coefficient (Wildman–Crippen LogP) is 2.65. The second kappa shape index (κ2) is 7.70. The van der Waals surface area contributed by atoms with E-state index in [2.05, 4.69) is 5.32 Å². The van der Waals surface area contributed by atoms with E-state index in [0.29, 0.717) is 12.1 Å². The van der Waals surface area contributed by atoms with Gasteiger partial charge in [-0.05, 0) is 36.8 Å². The average molecular weight is 353 g/mol. The van der Waals surface area contributed by atoms with Crippen LogP contribution in [0.3, 0.4) is 0 Å². The fraction of sp³-hybridized carbons (Fsp3) is 0.312. The number of nitrogens with one attached hydrogen (secondary N) is 1. The van der Waals surface area contributed by atoms with E-state index in [1.807, 2.05) is 12.1 Å². The lowest BCUT2D eigenvalue weighted by molar-refractivity contribution is 0.0955. The molecule has 0 radical (unpaired) electrons. The van der Waals surface area contributed by atoms with Crippen LogP contribution in [-0.2, 0) is 15.6 Å². The number of hydrogen-bond acceptors (Lipinski definition) is 5. The largest absolute Gasteiger partial charge is 0.468 e. The summed E-state index contributed by atoms with van der Waals surface area (Å²) in [5.74, 6) is 2.15. The fourth-order valence-electron chi connectivity index (χ4n) is 1.98. The molecule has 7 heteroatoms. The van der Waals surface area contributed by atoms with Crippen LogP contribution in [0, 0.1) is 6.92 Å². The minimum Gasteiger partial charge on any atom is -0.468 e. The number of carbonyl (C=O) groups is 1. The Morgan fingerprint density at radius 1 is 1.30 bits per heavy atom. The molecule has 124 valence electrons. The van der Waals surface area contributed by atoms with Crippen LogP contribution in [-0.4, -0.2) is 32.9 Å². The maximum Gasteiger partial charge on any atom is 0.251 e. The van der Waals surface area contributed by atoms with Gasteiger partial charge in [-0.2, -0.15) is 11.8 Å². The molecule has 0 saturated heterocycles. The molecule has 0 fully saturated rings. The fourth-order valence-corrected chi connectivity index (χ4v) is 3.38. The summed E-state index contributed by atoms with van der Waals surface area (Å²) in [6.45, 7) is 2.29. The van der Waals surface area contributed by atoms with Gasteiger partial charge in [-0.25, -0.2) is 8.42 Å². The normalized spacial score (nSPS) is 11.4. The summed E-state index contributed by atoms with van der Waals surface area (Å²) in [5, 5.41) is 2.81. The third-order valence-electron chi connectivity index (χ3n) is 3.24. The number of hydrogen-bond donors (Lipinski definition) is 1. The quantitative estimate of drug-likeness (QED) is 0.775. The van der Waals surface area contributed by atoms with E-state index in [-0.39, 0.29) is 10.8 Å². The van der Waals surface area contributed by atoms with Crippen molar-refractivity contribution in [3.05, 3.63) is 53.5 Å². The number of carbonyl (C=O) groups excluding carboxylic acids is 1. The number of amides is 1. The van der Waals surface area contributed by atoms with Crippen LogP contribution < -0.4 is 5.32 Å². The van der Waals surface area contributed by atoms with Gasteiger partial charge in [0.05, 0.1) is 16.9 Å². The first-order valence-corrected chi connectivity index (χ1v) is 10.1. The first-order valence-electron chi connectivity index (χ1n) is 7.07. The first kappa shape index (κ1) is 17.6. The van der Waals surface area contributed by atoms with Crippen LogP contribution >= 0.6 is 11.8 Å². The molecule has 0 aliphatic heterocycles. The number of furan rings is 1. The van der Waals surface area contributed by atoms with Gasteiger partial charge in [0.2, 0.25) is 0 Å². The van der Waals surface area contributed by atoms with E-state index in [1.165, 1.54) is 12.1 Å². The Hall–Kier alpha value is -1.73. The molecule has 2 rings (SSSR count). The van der Waals surface area contributed by atoms with Gasteiger partial charge in [0, 0.05) is 24.1 Å². The van der Waals surface area contributed by atoms with Gasteiger partial charge in [0.1, 0.15) is 5.76 Å². The van der Waals surface area contributed by atoms with Gasteiger partial charge in [0.15, 0.2) is 9.84 Å². The summed E-state index contributed by atoms with van der Waals surface area (Å²) >= 11 is 1.66. The second-order valence-electron chi connectivity index (χ2n) is 5.14. The summed E-state index contributed by atoms with van der Waals surface area (Å²) in [6.07, 6.45) is 2.76. The molecule has 0 unspecified atom stereocenters. The maximum atomic E-state index is 12.2. The topological polar surface area (TPSA) is 76.4 Å². The molecule has 0 spiro atoms. The zero-order valence-corrected chi connectivity index (χ0v) is 14.7. The molecule has 1 aromatic carbocycles. The molecule has 1 aromatic heterocycles. The van der Waals surface area contributed by atoms with Crippen molar-refractivity contribution in [3.8, 4) is 0 Å². The molecule has 1 amide bonds. The zero-order valence-electron chi connectivity index (χ0n) is 13.0. The Morgan fingerprint density at radius 2 is 2.09 bits per heavy atom. The summed E-state index contributed by atoms with van der Waals surface area (Å²) in [4.78, 5) is 12.4. The molecule has 1 heterocycles. The molecule has 23 heavy (non-hydrogen) atoms. The van der Waals surface area contributed by atoms with Crippen LogP contribution in [0.4, 0.5) is 0 Å². The summed E-state index contributed by atoms with van der Waals surface area (Å²) < 4.78 is 28.4. The van der Waals surface area contributed by atoms with E-state index >= 15 is 0 Å². The van der Waals surface area contributed by atoms with Crippen LogP contribution in [0.1, 0.15) is 21.7 Å². The summed E-state index contributed by atoms with van der Waals surface area (Å²) in [7, 11) is -3.32. The number of aryl methyl sites for hydroxylation is 1. The number of sulfone groups is 1. The van der Waals surface area contributed by atoms with Gasteiger partial charge in [-0.1, -0.05) is 6.07 Å². The van der Waals surface area contributed by atoms with Crippen LogP contribution in [0.2, 0.25) is 0 Å². The smallest absolute Gasteiger partial charge is 0.251 e. The van der Waals surface area contributed by atoms with E-state index in [9.17, 15) is 13.2 Å². The Balaban J connectivity index is 1.88. The second-order valence-corrected chi connectivity index (χ2v) is 8.26. The van der Waals surface area contributed by atoms with Crippen molar-refractivity contribution in [2.75, 3.05) is 18.6 Å². The number of thioether (sulfide) groups is 1. The number of rotatable bonds is 7. The number of benzene rings is 1. The van der Waals surface area contributed by atoms with Gasteiger partial charge < -0.3 is 9.73 Å². The van der Waals surface area contributed by atoms with Crippen LogP contribution in [0.25, 0.3) is 0 Å². The highest BCUT2D eigenvalue weighted by atomic mass is 32.2. The van der Waals surface area contributed by atoms with E-state index < -0.39 is 9.84 Å². The Labute approximate surface area is 140 Å². The Bertz CT molecular complexity index is 767. The highest BCUT2D eigenvalue weighted by Crippen LogP contribution is 2.16. The molecule has 5 nitrogen and oxygen atoms in total. The van der Waals surface area contributed by atoms with Crippen molar-refractivity contribution in [1.29, 1.82) is 0 Å². The van der Waals surface area contributed by atoms with Crippen molar-refractivity contribution in [3.63, 3.8) is 0 Å². The van der Waals surface area contributed by atoms with Gasteiger partial charge >= 0.3 is 0 Å². The van der Waals surface area contributed by atoms with Crippen molar-refractivity contribution < 1.29 is 17.6 Å². The third kappa shape index (κ3) is 5.14. The van der Waals surface area contributed by atoms with E-state index in [4.69, 9.17) is 4.42 Å². The first-order chi connectivity index (χ1) is 10.9. The summed E-state index contributed by atoms with van der Waals surface area (Å²) in [5.41, 5.74) is 1.14. The maximum absolute atomic E-state index is 12.2. The minimum atomic E-state index is -3.32. The molecule has 0 atom stereocenters. The highest BCUT2D eigenvalue weighted by molar-refractivity contribution is 7.98. The summed E-state index contributed by atoms with van der Waals surface area (Å²) in [6, 6.07) is 8.34. The third-order valence-corrected chi connectivity index (χ3v) is 5.33. The van der Waals surface area contributed by atoms with E-state index in [0.717, 1.165) is 29.1 Å². The van der Waals surface area contributed by atoms with Crippen molar-refractivity contribution in [2.45, 2.75) is 17.6 Å². The molecule has 0 saturated carbocycles. The van der Waals surface area contributed by atoms with Gasteiger partial charge in [-0.15, -0.1) is 0 Å². The SMILES string of the molecule is Cc1ccc(S(C)(=O)=O)cc1C(=O)NCCSCc1ccco1. The standard InChI is InChI=1S/C16H19NO4S2/c1-12-5-6-14(23(2,19)20)10-15(12)16(18)17-7-9-22-11-13-4-3-8-21-13/h3-6,8,10H,7,9,11H2,1-2H3,(H,17,18). The molecule has 0 aliphatic rings. The minimum absolute atomic E-state index is 0.153. The molecule has 2 aromatic rings. The van der Waals surface area contributed by atoms with Crippen molar-refractivity contribution >= 4 is 27.5 Å². The van der Waals surface area contributed by atoms with Gasteiger partial charge in [-0.3, -0.25) is 4.79 Å². The highest BCUT2D eigenvalue weighted by Gasteiger charge is 2.14. The average Bonchev–Trinajstić information content (AvgIpc) is 2.99. The molecular weight excluding hydrogens is 334 g/mol. The van der Waals surface area contributed by atoms with Crippen molar-refractivity contribution in [1.82, 2.24) is 5.32 Å².